The number of anilines is 1. The summed E-state index contributed by atoms with van der Waals surface area (Å²) in [6.07, 6.45) is 0. The number of aryl methyl sites for hydroxylation is 1. The molecule has 0 saturated heterocycles. The van der Waals surface area contributed by atoms with Crippen LogP contribution in [-0.4, -0.2) is 4.98 Å². The number of aromatic nitrogens is 1. The van der Waals surface area contributed by atoms with E-state index in [1.54, 1.807) is 11.3 Å². The van der Waals surface area contributed by atoms with Gasteiger partial charge in [-0.1, -0.05) is 36.4 Å². The Kier molecular flexibility index (Phi) is 2.69. The van der Waals surface area contributed by atoms with Crippen molar-refractivity contribution in [1.82, 2.24) is 4.98 Å². The first-order chi connectivity index (χ1) is 10.2. The number of nitrogens with two attached hydrogens (primary N) is 1. The van der Waals surface area contributed by atoms with Gasteiger partial charge in [-0.05, 0) is 41.5 Å². The summed E-state index contributed by atoms with van der Waals surface area (Å²) in [5, 5.41) is 3.34. The summed E-state index contributed by atoms with van der Waals surface area (Å²) < 4.78 is 1.21. The molecule has 0 atom stereocenters. The lowest BCUT2D eigenvalue weighted by molar-refractivity contribution is 1.42. The van der Waals surface area contributed by atoms with E-state index in [9.17, 15) is 0 Å². The van der Waals surface area contributed by atoms with E-state index in [2.05, 4.69) is 43.3 Å². The van der Waals surface area contributed by atoms with Crippen LogP contribution >= 0.6 is 11.3 Å². The molecule has 0 aliphatic heterocycles. The van der Waals surface area contributed by atoms with E-state index in [4.69, 9.17) is 10.7 Å². The molecule has 0 spiro atoms. The highest BCUT2D eigenvalue weighted by Crippen LogP contribution is 2.36. The zero-order chi connectivity index (χ0) is 14.4. The van der Waals surface area contributed by atoms with E-state index in [-0.39, 0.29) is 0 Å². The number of thiazole rings is 1. The second kappa shape index (κ2) is 4.57. The van der Waals surface area contributed by atoms with Crippen LogP contribution in [0.1, 0.15) is 5.56 Å². The summed E-state index contributed by atoms with van der Waals surface area (Å²) >= 11 is 1.70. The molecule has 0 radical (unpaired) electrons. The number of rotatable bonds is 1. The topological polar surface area (TPSA) is 38.9 Å². The van der Waals surface area contributed by atoms with Crippen molar-refractivity contribution in [2.24, 2.45) is 0 Å². The molecule has 1 heterocycles. The minimum Gasteiger partial charge on any atom is -0.398 e. The molecule has 3 aromatic carbocycles. The summed E-state index contributed by atoms with van der Waals surface area (Å²) in [7, 11) is 0. The van der Waals surface area contributed by atoms with E-state index < -0.39 is 0 Å². The Morgan fingerprint density at radius 2 is 1.71 bits per heavy atom. The molecule has 0 aliphatic carbocycles. The van der Waals surface area contributed by atoms with Gasteiger partial charge in [-0.3, -0.25) is 0 Å². The molecule has 0 amide bonds. The number of benzene rings is 3. The molecule has 21 heavy (non-hydrogen) atoms. The van der Waals surface area contributed by atoms with E-state index in [0.717, 1.165) is 27.2 Å². The van der Waals surface area contributed by atoms with E-state index in [1.165, 1.54) is 15.6 Å². The van der Waals surface area contributed by atoms with Gasteiger partial charge in [0.05, 0.1) is 10.2 Å². The second-order valence-corrected chi connectivity index (χ2v) is 6.26. The number of hydrogen-bond donors (Lipinski definition) is 1. The Balaban J connectivity index is 1.99. The zero-order valence-electron chi connectivity index (χ0n) is 11.6. The fourth-order valence-corrected chi connectivity index (χ4v) is 3.73. The van der Waals surface area contributed by atoms with Gasteiger partial charge < -0.3 is 5.73 Å². The smallest absolute Gasteiger partial charge is 0.126 e. The maximum absolute atomic E-state index is 6.25. The Bertz CT molecular complexity index is 969. The Morgan fingerprint density at radius 1 is 0.952 bits per heavy atom. The quantitative estimate of drug-likeness (QED) is 0.501. The maximum atomic E-state index is 6.25. The third kappa shape index (κ3) is 1.98. The summed E-state index contributed by atoms with van der Waals surface area (Å²) in [4.78, 5) is 4.79. The van der Waals surface area contributed by atoms with Crippen LogP contribution < -0.4 is 5.73 Å². The molecule has 0 aliphatic rings. The molecule has 102 valence electrons. The molecular weight excluding hydrogens is 276 g/mol. The molecule has 0 unspecified atom stereocenters. The molecule has 2 nitrogen and oxygen atoms in total. The second-order valence-electron chi connectivity index (χ2n) is 5.23. The van der Waals surface area contributed by atoms with Crippen molar-refractivity contribution in [2.75, 3.05) is 5.73 Å². The normalized spacial score (nSPS) is 11.3. The van der Waals surface area contributed by atoms with Gasteiger partial charge in [0.25, 0.3) is 0 Å². The van der Waals surface area contributed by atoms with Gasteiger partial charge in [0.2, 0.25) is 0 Å². The lowest BCUT2D eigenvalue weighted by atomic mass is 10.1. The van der Waals surface area contributed by atoms with E-state index >= 15 is 0 Å². The summed E-state index contributed by atoms with van der Waals surface area (Å²) in [6.45, 7) is 2.09. The number of hydrogen-bond acceptors (Lipinski definition) is 3. The first-order valence-corrected chi connectivity index (χ1v) is 7.69. The monoisotopic (exact) mass is 290 g/mol. The van der Waals surface area contributed by atoms with Crippen molar-refractivity contribution >= 4 is 38.0 Å². The third-order valence-electron chi connectivity index (χ3n) is 3.77. The van der Waals surface area contributed by atoms with Crippen molar-refractivity contribution in [1.29, 1.82) is 0 Å². The molecule has 0 saturated carbocycles. The van der Waals surface area contributed by atoms with Gasteiger partial charge in [-0.2, -0.15) is 0 Å². The zero-order valence-corrected chi connectivity index (χ0v) is 12.4. The average molecular weight is 290 g/mol. The van der Waals surface area contributed by atoms with Crippen LogP contribution in [0, 0.1) is 6.92 Å². The average Bonchev–Trinajstić information content (AvgIpc) is 2.92. The summed E-state index contributed by atoms with van der Waals surface area (Å²) in [6, 6.07) is 18.7. The Morgan fingerprint density at radius 3 is 2.48 bits per heavy atom. The first kappa shape index (κ1) is 12.4. The number of fused-ring (bicyclic) bond motifs is 2. The van der Waals surface area contributed by atoms with Crippen molar-refractivity contribution in [3.63, 3.8) is 0 Å². The maximum Gasteiger partial charge on any atom is 0.126 e. The Labute approximate surface area is 126 Å². The Hall–Kier alpha value is -2.39. The van der Waals surface area contributed by atoms with Crippen molar-refractivity contribution < 1.29 is 0 Å². The van der Waals surface area contributed by atoms with Crippen LogP contribution in [0.3, 0.4) is 0 Å². The van der Waals surface area contributed by atoms with Crippen LogP contribution in [0.2, 0.25) is 0 Å². The van der Waals surface area contributed by atoms with Gasteiger partial charge in [0, 0.05) is 11.3 Å². The van der Waals surface area contributed by atoms with Crippen LogP contribution in [0.5, 0.6) is 0 Å². The number of para-hydroxylation sites is 1. The van der Waals surface area contributed by atoms with Crippen molar-refractivity contribution in [2.45, 2.75) is 6.92 Å². The lowest BCUT2D eigenvalue weighted by Gasteiger charge is -2.05. The molecule has 4 aromatic rings. The minimum absolute atomic E-state index is 0.783. The minimum atomic E-state index is 0.783. The van der Waals surface area contributed by atoms with Gasteiger partial charge >= 0.3 is 0 Å². The number of nitrogens with zero attached hydrogens (tertiary/aromatic N) is 1. The third-order valence-corrected chi connectivity index (χ3v) is 4.82. The van der Waals surface area contributed by atoms with E-state index in [1.807, 2.05) is 18.2 Å². The van der Waals surface area contributed by atoms with Gasteiger partial charge in [-0.15, -0.1) is 11.3 Å². The highest BCUT2D eigenvalue weighted by atomic mass is 32.1. The van der Waals surface area contributed by atoms with Crippen LogP contribution in [-0.2, 0) is 0 Å². The molecule has 1 aromatic heterocycles. The summed E-state index contributed by atoms with van der Waals surface area (Å²) in [5.74, 6) is 0. The van der Waals surface area contributed by atoms with Crippen molar-refractivity contribution in [3.05, 3.63) is 60.2 Å². The standard InChI is InChI=1S/C18H14N2S/c1-11-5-4-8-16-17(11)20-18(21-16)14-9-12-6-2-3-7-13(12)10-15(14)19/h2-10H,19H2,1H3. The molecular formula is C18H14N2S. The molecule has 0 bridgehead atoms. The summed E-state index contributed by atoms with van der Waals surface area (Å²) in [5.41, 5.74) is 10.3. The predicted molar refractivity (Wildman–Crippen MR) is 91.7 cm³/mol. The van der Waals surface area contributed by atoms with Crippen LogP contribution in [0.25, 0.3) is 31.6 Å². The van der Waals surface area contributed by atoms with Crippen LogP contribution in [0.4, 0.5) is 5.69 Å². The highest BCUT2D eigenvalue weighted by Gasteiger charge is 2.11. The first-order valence-electron chi connectivity index (χ1n) is 6.87. The van der Waals surface area contributed by atoms with Crippen molar-refractivity contribution in [3.8, 4) is 10.6 Å². The highest BCUT2D eigenvalue weighted by molar-refractivity contribution is 7.21. The van der Waals surface area contributed by atoms with Gasteiger partial charge in [0.1, 0.15) is 5.01 Å². The molecule has 2 N–H and O–H groups in total. The molecule has 4 rings (SSSR count). The molecule has 3 heteroatoms. The SMILES string of the molecule is Cc1cccc2sc(-c3cc4ccccc4cc3N)nc12. The lowest BCUT2D eigenvalue weighted by Crippen LogP contribution is -1.90. The largest absolute Gasteiger partial charge is 0.398 e. The van der Waals surface area contributed by atoms with Gasteiger partial charge in [-0.25, -0.2) is 4.98 Å². The predicted octanol–water partition coefficient (Wildman–Crippen LogP) is 5.01. The van der Waals surface area contributed by atoms with E-state index in [0.29, 0.717) is 0 Å². The number of nitrogen functional groups attached to an aromatic ring is 1. The van der Waals surface area contributed by atoms with Crippen LogP contribution in [0.15, 0.2) is 54.6 Å². The molecule has 0 fully saturated rings. The fourth-order valence-electron chi connectivity index (χ4n) is 2.64. The van der Waals surface area contributed by atoms with Gasteiger partial charge in [0.15, 0.2) is 0 Å². The fraction of sp³-hybridized carbons (Fsp3) is 0.0556.